The Balaban J connectivity index is 3.48. The van der Waals surface area contributed by atoms with Crippen molar-refractivity contribution < 1.29 is 53.4 Å². The van der Waals surface area contributed by atoms with E-state index in [-0.39, 0.29) is 6.42 Å². The Labute approximate surface area is 263 Å². The molecular formula is C28H50N6O11. The fourth-order valence-corrected chi connectivity index (χ4v) is 3.57. The molecule has 0 aromatic heterocycles. The first-order chi connectivity index (χ1) is 20.1. The Morgan fingerprint density at radius 1 is 0.489 bits per heavy atom. The summed E-state index contributed by atoms with van der Waals surface area (Å²) in [6.45, 7) is 19.4. The van der Waals surface area contributed by atoms with Crippen LogP contribution in [0.1, 0.15) is 89.5 Å². The van der Waals surface area contributed by atoms with Crippen LogP contribution in [0.5, 0.6) is 0 Å². The zero-order valence-electron chi connectivity index (χ0n) is 28.1. The van der Waals surface area contributed by atoms with Crippen LogP contribution in [0.25, 0.3) is 0 Å². The minimum Gasteiger partial charge on any atom is -0.444 e. The predicted octanol–water partition coefficient (Wildman–Crippen LogP) is 2.02. The van der Waals surface area contributed by atoms with Gasteiger partial charge in [-0.1, -0.05) is 0 Å². The molecule has 0 saturated heterocycles. The number of amides is 4. The van der Waals surface area contributed by atoms with Crippen molar-refractivity contribution in [3.05, 3.63) is 0 Å². The highest BCUT2D eigenvalue weighted by Gasteiger charge is 2.43. The number of hydrogen-bond donors (Lipinski definition) is 7. The van der Waals surface area contributed by atoms with Gasteiger partial charge in [-0.25, -0.2) is 29.2 Å². The molecule has 17 heteroatoms. The van der Waals surface area contributed by atoms with Crippen LogP contribution < -0.4 is 21.3 Å². The summed E-state index contributed by atoms with van der Waals surface area (Å²) >= 11 is 0. The highest BCUT2D eigenvalue weighted by atomic mass is 16.6. The van der Waals surface area contributed by atoms with E-state index in [0.29, 0.717) is 0 Å². The Bertz CT molecular complexity index is 980. The normalized spacial score (nSPS) is 22.2. The SMILES string of the molecule is CC(C)(C)OC(=O)NC(=NC1CC(N=C(NC(=O)OC(C)(C)C)NC(=O)OC(C)(C)C)C(O)C(O)C1O)NC(=O)OC(C)(C)C. The molecule has 0 radical (unpaired) electrons. The van der Waals surface area contributed by atoms with E-state index in [1.807, 2.05) is 0 Å². The average molecular weight is 647 g/mol. The maximum atomic E-state index is 12.5. The van der Waals surface area contributed by atoms with Crippen molar-refractivity contribution in [3.63, 3.8) is 0 Å². The van der Waals surface area contributed by atoms with Crippen molar-refractivity contribution in [1.29, 1.82) is 0 Å². The Morgan fingerprint density at radius 3 is 0.911 bits per heavy atom. The third-order valence-electron chi connectivity index (χ3n) is 5.04. The highest BCUT2D eigenvalue weighted by molar-refractivity contribution is 6.02. The molecular weight excluding hydrogens is 596 g/mol. The van der Waals surface area contributed by atoms with Crippen LogP contribution in [0.2, 0.25) is 0 Å². The van der Waals surface area contributed by atoms with Gasteiger partial charge < -0.3 is 34.3 Å². The number of aliphatic hydroxyl groups is 3. The van der Waals surface area contributed by atoms with E-state index < -0.39 is 89.1 Å². The lowest BCUT2D eigenvalue weighted by Gasteiger charge is -2.37. The van der Waals surface area contributed by atoms with Crippen LogP contribution in [0.3, 0.4) is 0 Å². The number of rotatable bonds is 2. The molecule has 0 heterocycles. The second-order valence-electron chi connectivity index (χ2n) is 14.3. The number of nitrogens with one attached hydrogen (secondary N) is 4. The van der Waals surface area contributed by atoms with Gasteiger partial charge in [-0.15, -0.1) is 0 Å². The molecule has 0 aromatic carbocycles. The molecule has 17 nitrogen and oxygen atoms in total. The van der Waals surface area contributed by atoms with Crippen molar-refractivity contribution in [3.8, 4) is 0 Å². The summed E-state index contributed by atoms with van der Waals surface area (Å²) in [4.78, 5) is 58.4. The lowest BCUT2D eigenvalue weighted by atomic mass is 9.84. The summed E-state index contributed by atoms with van der Waals surface area (Å²) in [7, 11) is 0. The fraction of sp³-hybridized carbons (Fsp3) is 0.786. The summed E-state index contributed by atoms with van der Waals surface area (Å²) in [5.74, 6) is -0.985. The molecule has 258 valence electrons. The molecule has 1 fully saturated rings. The molecule has 45 heavy (non-hydrogen) atoms. The number of hydrogen-bond acceptors (Lipinski definition) is 13. The number of aliphatic imine (C=N–C) groups is 2. The van der Waals surface area contributed by atoms with E-state index in [0.717, 1.165) is 0 Å². The first-order valence-corrected chi connectivity index (χ1v) is 14.3. The third-order valence-corrected chi connectivity index (χ3v) is 5.04. The van der Waals surface area contributed by atoms with Crippen LogP contribution in [0, 0.1) is 0 Å². The van der Waals surface area contributed by atoms with Gasteiger partial charge in [0.25, 0.3) is 0 Å². The van der Waals surface area contributed by atoms with Crippen LogP contribution in [-0.2, 0) is 18.9 Å². The Hall–Kier alpha value is -3.70. The fourth-order valence-electron chi connectivity index (χ4n) is 3.57. The number of nitrogens with zero attached hydrogens (tertiary/aromatic N) is 2. The quantitative estimate of drug-likeness (QED) is 0.130. The van der Waals surface area contributed by atoms with E-state index in [1.54, 1.807) is 83.1 Å². The van der Waals surface area contributed by atoms with E-state index in [9.17, 15) is 34.5 Å². The van der Waals surface area contributed by atoms with Crippen LogP contribution >= 0.6 is 0 Å². The molecule has 4 amide bonds. The largest absolute Gasteiger partial charge is 0.444 e. The first kappa shape index (κ1) is 39.3. The van der Waals surface area contributed by atoms with Gasteiger partial charge in [0.05, 0.1) is 12.1 Å². The molecule has 4 atom stereocenters. The van der Waals surface area contributed by atoms with Crippen molar-refractivity contribution >= 4 is 36.3 Å². The summed E-state index contributed by atoms with van der Waals surface area (Å²) in [6.07, 6.45) is -9.55. The molecule has 0 spiro atoms. The third kappa shape index (κ3) is 16.3. The second kappa shape index (κ2) is 15.1. The minimum absolute atomic E-state index is 0.315. The smallest absolute Gasteiger partial charge is 0.414 e. The van der Waals surface area contributed by atoms with Gasteiger partial charge in [-0.3, -0.25) is 21.3 Å². The van der Waals surface area contributed by atoms with E-state index in [2.05, 4.69) is 31.3 Å². The second-order valence-corrected chi connectivity index (χ2v) is 14.3. The lowest BCUT2D eigenvalue weighted by Crippen LogP contribution is -2.57. The molecule has 1 aliphatic rings. The van der Waals surface area contributed by atoms with Gasteiger partial charge in [0.15, 0.2) is 0 Å². The zero-order chi connectivity index (χ0) is 35.1. The predicted molar refractivity (Wildman–Crippen MR) is 163 cm³/mol. The molecule has 7 N–H and O–H groups in total. The number of carbonyl (C=O) groups is 4. The van der Waals surface area contributed by atoms with Gasteiger partial charge in [0, 0.05) is 0 Å². The number of aliphatic hydroxyl groups excluding tert-OH is 3. The van der Waals surface area contributed by atoms with E-state index >= 15 is 0 Å². The molecule has 1 rings (SSSR count). The summed E-state index contributed by atoms with van der Waals surface area (Å²) in [5, 5.41) is 41.3. The number of ether oxygens (including phenoxy) is 4. The lowest BCUT2D eigenvalue weighted by molar-refractivity contribution is -0.0997. The van der Waals surface area contributed by atoms with Gasteiger partial charge in [-0.2, -0.15) is 0 Å². The highest BCUT2D eigenvalue weighted by Crippen LogP contribution is 2.26. The van der Waals surface area contributed by atoms with Gasteiger partial charge in [0.2, 0.25) is 11.9 Å². The first-order valence-electron chi connectivity index (χ1n) is 14.3. The minimum atomic E-state index is -1.84. The molecule has 0 aliphatic heterocycles. The average Bonchev–Trinajstić information content (AvgIpc) is 2.75. The maximum absolute atomic E-state index is 12.5. The van der Waals surface area contributed by atoms with Gasteiger partial charge in [-0.05, 0) is 89.5 Å². The van der Waals surface area contributed by atoms with Crippen molar-refractivity contribution in [1.82, 2.24) is 21.3 Å². The van der Waals surface area contributed by atoms with Gasteiger partial charge >= 0.3 is 24.4 Å². The number of carbonyl (C=O) groups excluding carboxylic acids is 4. The number of alkyl carbamates (subject to hydrolysis) is 4. The Kier molecular flexibility index (Phi) is 13.2. The van der Waals surface area contributed by atoms with Crippen molar-refractivity contribution in [2.24, 2.45) is 9.98 Å². The van der Waals surface area contributed by atoms with Crippen LogP contribution in [-0.4, -0.2) is 104 Å². The maximum Gasteiger partial charge on any atom is 0.414 e. The zero-order valence-corrected chi connectivity index (χ0v) is 28.1. The van der Waals surface area contributed by atoms with E-state index in [1.165, 1.54) is 0 Å². The number of guanidine groups is 2. The monoisotopic (exact) mass is 646 g/mol. The van der Waals surface area contributed by atoms with Crippen LogP contribution in [0.4, 0.5) is 19.2 Å². The molecule has 1 aliphatic carbocycles. The molecule has 4 unspecified atom stereocenters. The van der Waals surface area contributed by atoms with E-state index in [4.69, 9.17) is 18.9 Å². The molecule has 1 saturated carbocycles. The topological polar surface area (TPSA) is 239 Å². The Morgan fingerprint density at radius 2 is 0.711 bits per heavy atom. The van der Waals surface area contributed by atoms with Gasteiger partial charge in [0.1, 0.15) is 40.7 Å². The summed E-state index contributed by atoms with van der Waals surface area (Å²) in [6, 6.07) is -2.61. The van der Waals surface area contributed by atoms with Crippen molar-refractivity contribution in [2.45, 2.75) is 142 Å². The van der Waals surface area contributed by atoms with Crippen molar-refractivity contribution in [2.75, 3.05) is 0 Å². The summed E-state index contributed by atoms with van der Waals surface area (Å²) < 4.78 is 20.9. The standard InChI is InChI=1S/C28H50N6O11/c1-25(2,3)42-21(38)31-19(32-22(39)43-26(4,5)6)29-14-13-15(17(36)18(37)16(14)35)30-20(33-23(40)44-27(7,8)9)34-24(41)45-28(10,11)12/h14-18,35-37H,13H2,1-12H3,(H2,29,31,32,38,39)(H2,30,33,34,40,41). The molecule has 0 aromatic rings. The molecule has 0 bridgehead atoms. The van der Waals surface area contributed by atoms with Crippen LogP contribution in [0.15, 0.2) is 9.98 Å². The summed E-state index contributed by atoms with van der Waals surface area (Å²) in [5.41, 5.74) is -3.65.